The summed E-state index contributed by atoms with van der Waals surface area (Å²) in [7, 11) is -1.80. The van der Waals surface area contributed by atoms with E-state index in [-0.39, 0.29) is 18.3 Å². The van der Waals surface area contributed by atoms with E-state index in [4.69, 9.17) is 13.7 Å². The lowest BCUT2D eigenvalue weighted by Gasteiger charge is -2.32. The second-order valence-corrected chi connectivity index (χ2v) is 12.0. The zero-order valence-corrected chi connectivity index (χ0v) is 13.5. The summed E-state index contributed by atoms with van der Waals surface area (Å²) in [4.78, 5) is 0. The summed E-state index contributed by atoms with van der Waals surface area (Å²) in [6, 6.07) is 4.04. The fraction of sp³-hybridized carbons (Fsp3) is 0.692. The molecular weight excluding hydrogens is 243 g/mol. The summed E-state index contributed by atoms with van der Waals surface area (Å²) in [5.74, 6) is 0. The lowest BCUT2D eigenvalue weighted by molar-refractivity contribution is 0.00578. The molecule has 0 saturated carbocycles. The van der Waals surface area contributed by atoms with Crippen LogP contribution in [0.1, 0.15) is 27.7 Å². The van der Waals surface area contributed by atoms with Crippen LogP contribution in [0.25, 0.3) is 0 Å². The van der Waals surface area contributed by atoms with Gasteiger partial charge in [0.05, 0.1) is 16.6 Å². The number of hydrogen-bond donors (Lipinski definition) is 0. The molecular formula is C13H23BO3Si. The van der Waals surface area contributed by atoms with Gasteiger partial charge in [0.1, 0.15) is 13.7 Å². The molecule has 100 valence electrons. The van der Waals surface area contributed by atoms with Crippen molar-refractivity contribution in [2.75, 3.05) is 0 Å². The fourth-order valence-corrected chi connectivity index (χ4v) is 2.85. The maximum atomic E-state index is 5.98. The van der Waals surface area contributed by atoms with Gasteiger partial charge in [0.25, 0.3) is 0 Å². The topological polar surface area (TPSA) is 31.6 Å². The zero-order valence-electron chi connectivity index (χ0n) is 12.5. The fourth-order valence-electron chi connectivity index (χ4n) is 1.84. The molecule has 0 N–H and O–H groups in total. The van der Waals surface area contributed by atoms with Crippen LogP contribution in [-0.4, -0.2) is 26.4 Å². The highest BCUT2D eigenvalue weighted by molar-refractivity contribution is 6.87. The third-order valence-corrected chi connectivity index (χ3v) is 5.60. The minimum Gasteiger partial charge on any atom is -0.475 e. The monoisotopic (exact) mass is 266 g/mol. The number of rotatable bonds is 2. The van der Waals surface area contributed by atoms with Gasteiger partial charge in [-0.15, -0.1) is 0 Å². The quantitative estimate of drug-likeness (QED) is 0.768. The van der Waals surface area contributed by atoms with Crippen molar-refractivity contribution in [2.24, 2.45) is 0 Å². The van der Waals surface area contributed by atoms with E-state index in [2.05, 4.69) is 53.4 Å². The SMILES string of the molecule is CC1(C)OB(c2ccc([Si](C)(C)C)o2)OC1(C)C. The highest BCUT2D eigenvalue weighted by atomic mass is 28.3. The van der Waals surface area contributed by atoms with Crippen molar-refractivity contribution in [3.8, 4) is 0 Å². The molecule has 1 aromatic rings. The first-order valence-electron chi connectivity index (χ1n) is 6.49. The standard InChI is InChI=1S/C13H23BO3Si/c1-12(2)13(3,4)17-14(16-12)10-8-9-11(15-10)18(5,6)7/h8-9H,1-7H3. The predicted octanol–water partition coefficient (Wildman–Crippen LogP) is 2.12. The summed E-state index contributed by atoms with van der Waals surface area (Å²) in [6.45, 7) is 15.0. The minimum atomic E-state index is -1.41. The van der Waals surface area contributed by atoms with Crippen LogP contribution in [0, 0.1) is 0 Å². The van der Waals surface area contributed by atoms with E-state index in [0.29, 0.717) is 0 Å². The molecule has 1 fully saturated rings. The van der Waals surface area contributed by atoms with Gasteiger partial charge in [0, 0.05) is 0 Å². The Kier molecular flexibility index (Phi) is 3.08. The molecule has 0 aromatic carbocycles. The average molecular weight is 266 g/mol. The van der Waals surface area contributed by atoms with Gasteiger partial charge in [0.2, 0.25) is 0 Å². The van der Waals surface area contributed by atoms with E-state index in [0.717, 1.165) is 11.0 Å². The van der Waals surface area contributed by atoms with Gasteiger partial charge in [-0.3, -0.25) is 0 Å². The molecule has 3 nitrogen and oxygen atoms in total. The molecule has 0 spiro atoms. The van der Waals surface area contributed by atoms with Crippen LogP contribution >= 0.6 is 0 Å². The molecule has 1 saturated heterocycles. The molecule has 18 heavy (non-hydrogen) atoms. The van der Waals surface area contributed by atoms with Crippen LogP contribution in [0.3, 0.4) is 0 Å². The maximum absolute atomic E-state index is 5.98. The smallest absolute Gasteiger partial charge is 0.475 e. The molecule has 0 atom stereocenters. The molecule has 0 amide bonds. The van der Waals surface area contributed by atoms with Crippen molar-refractivity contribution in [3.05, 3.63) is 12.1 Å². The molecule has 0 unspecified atom stereocenters. The van der Waals surface area contributed by atoms with Crippen LogP contribution < -0.4 is 11.0 Å². The van der Waals surface area contributed by atoms with Gasteiger partial charge < -0.3 is 13.7 Å². The number of furan rings is 1. The maximum Gasteiger partial charge on any atom is 0.532 e. The zero-order chi connectivity index (χ0) is 13.8. The van der Waals surface area contributed by atoms with Crippen molar-refractivity contribution >= 4 is 26.2 Å². The van der Waals surface area contributed by atoms with E-state index in [1.165, 1.54) is 0 Å². The Morgan fingerprint density at radius 3 is 1.83 bits per heavy atom. The Morgan fingerprint density at radius 1 is 0.944 bits per heavy atom. The molecule has 0 radical (unpaired) electrons. The van der Waals surface area contributed by atoms with Gasteiger partial charge in [0.15, 0.2) is 0 Å². The molecule has 5 heteroatoms. The summed E-state index contributed by atoms with van der Waals surface area (Å²) >= 11 is 0. The first-order chi connectivity index (χ1) is 8.03. The van der Waals surface area contributed by atoms with E-state index in [1.807, 2.05) is 6.07 Å². The van der Waals surface area contributed by atoms with Crippen molar-refractivity contribution < 1.29 is 13.7 Å². The predicted molar refractivity (Wildman–Crippen MR) is 77.4 cm³/mol. The molecule has 1 aromatic heterocycles. The highest BCUT2D eigenvalue weighted by Gasteiger charge is 2.53. The van der Waals surface area contributed by atoms with Crippen LogP contribution in [-0.2, 0) is 9.31 Å². The lowest BCUT2D eigenvalue weighted by Crippen LogP contribution is -2.41. The van der Waals surface area contributed by atoms with Crippen molar-refractivity contribution in [3.63, 3.8) is 0 Å². The van der Waals surface area contributed by atoms with Crippen LogP contribution in [0.2, 0.25) is 19.6 Å². The summed E-state index contributed by atoms with van der Waals surface area (Å²) < 4.78 is 17.9. The number of hydrogen-bond acceptors (Lipinski definition) is 3. The molecule has 2 rings (SSSR count). The normalized spacial score (nSPS) is 22.5. The molecule has 2 heterocycles. The lowest BCUT2D eigenvalue weighted by atomic mass is 9.86. The van der Waals surface area contributed by atoms with E-state index in [1.54, 1.807) is 0 Å². The second kappa shape index (κ2) is 3.99. The Labute approximate surface area is 111 Å². The van der Waals surface area contributed by atoms with Crippen LogP contribution in [0.5, 0.6) is 0 Å². The van der Waals surface area contributed by atoms with Crippen LogP contribution in [0.15, 0.2) is 16.5 Å². The van der Waals surface area contributed by atoms with Gasteiger partial charge in [-0.05, 0) is 39.8 Å². The summed E-state index contributed by atoms with van der Waals surface area (Å²) in [5.41, 5.74) is 0.152. The van der Waals surface area contributed by atoms with E-state index < -0.39 is 8.07 Å². The molecule has 1 aliphatic rings. The summed E-state index contributed by atoms with van der Waals surface area (Å²) in [5, 5.41) is 1.09. The first-order valence-corrected chi connectivity index (χ1v) is 9.99. The molecule has 0 aliphatic carbocycles. The third-order valence-electron chi connectivity index (χ3n) is 3.85. The highest BCUT2D eigenvalue weighted by Crippen LogP contribution is 2.36. The van der Waals surface area contributed by atoms with Crippen molar-refractivity contribution in [2.45, 2.75) is 58.5 Å². The van der Waals surface area contributed by atoms with Gasteiger partial charge in [-0.1, -0.05) is 19.6 Å². The van der Waals surface area contributed by atoms with E-state index >= 15 is 0 Å². The van der Waals surface area contributed by atoms with Crippen molar-refractivity contribution in [1.82, 2.24) is 0 Å². The summed E-state index contributed by atoms with van der Waals surface area (Å²) in [6.07, 6.45) is 0. The molecule has 0 bridgehead atoms. The minimum absolute atomic E-state index is 0.316. The van der Waals surface area contributed by atoms with Gasteiger partial charge >= 0.3 is 7.12 Å². The Bertz CT molecular complexity index is 429. The van der Waals surface area contributed by atoms with Crippen molar-refractivity contribution in [1.29, 1.82) is 0 Å². The Morgan fingerprint density at radius 2 is 1.44 bits per heavy atom. The second-order valence-electron chi connectivity index (χ2n) is 7.04. The Balaban J connectivity index is 2.23. The Hall–Kier alpha value is -0.518. The largest absolute Gasteiger partial charge is 0.532 e. The average Bonchev–Trinajstić information content (AvgIpc) is 2.69. The van der Waals surface area contributed by atoms with Gasteiger partial charge in [-0.2, -0.15) is 0 Å². The van der Waals surface area contributed by atoms with Gasteiger partial charge in [-0.25, -0.2) is 0 Å². The third kappa shape index (κ3) is 2.31. The van der Waals surface area contributed by atoms with E-state index in [9.17, 15) is 0 Å². The molecule has 1 aliphatic heterocycles. The first kappa shape index (κ1) is 13.9. The van der Waals surface area contributed by atoms with Crippen LogP contribution in [0.4, 0.5) is 0 Å².